The molecule has 0 radical (unpaired) electrons. The summed E-state index contributed by atoms with van der Waals surface area (Å²) in [5.74, 6) is -1.06. The van der Waals surface area contributed by atoms with Crippen LogP contribution in [0, 0.1) is 0 Å². The van der Waals surface area contributed by atoms with Crippen LogP contribution in [0.5, 0.6) is 0 Å². The van der Waals surface area contributed by atoms with E-state index in [9.17, 15) is 14.4 Å². The van der Waals surface area contributed by atoms with Gasteiger partial charge in [0.2, 0.25) is 5.91 Å². The first-order chi connectivity index (χ1) is 14.6. The van der Waals surface area contributed by atoms with Gasteiger partial charge in [0.1, 0.15) is 0 Å². The fraction of sp³-hybridized carbons (Fsp3) is 0.125. The predicted octanol–water partition coefficient (Wildman–Crippen LogP) is 4.30. The summed E-state index contributed by atoms with van der Waals surface area (Å²) in [5.41, 5.74) is 2.42. The van der Waals surface area contributed by atoms with Gasteiger partial charge in [-0.2, -0.15) is 0 Å². The first-order valence-electron chi connectivity index (χ1n) is 9.58. The highest BCUT2D eigenvalue weighted by Crippen LogP contribution is 2.20. The number of esters is 1. The van der Waals surface area contributed by atoms with E-state index in [2.05, 4.69) is 10.6 Å². The Bertz CT molecular complexity index is 1050. The van der Waals surface area contributed by atoms with Gasteiger partial charge in [0.05, 0.1) is 24.3 Å². The molecule has 0 atom stereocenters. The Kier molecular flexibility index (Phi) is 6.95. The highest BCUT2D eigenvalue weighted by atomic mass is 16.5. The molecule has 2 amide bonds. The lowest BCUT2D eigenvalue weighted by Gasteiger charge is -2.13. The predicted molar refractivity (Wildman–Crippen MR) is 116 cm³/mol. The Labute approximate surface area is 174 Å². The van der Waals surface area contributed by atoms with Crippen molar-refractivity contribution >= 4 is 29.2 Å². The Balaban J connectivity index is 1.73. The van der Waals surface area contributed by atoms with E-state index in [-0.39, 0.29) is 24.8 Å². The molecule has 0 unspecified atom stereocenters. The molecule has 0 saturated carbocycles. The van der Waals surface area contributed by atoms with Crippen LogP contribution in [-0.2, 0) is 16.0 Å². The van der Waals surface area contributed by atoms with Crippen LogP contribution in [0.4, 0.5) is 11.4 Å². The molecule has 0 aromatic heterocycles. The summed E-state index contributed by atoms with van der Waals surface area (Å²) < 4.78 is 5.04. The summed E-state index contributed by atoms with van der Waals surface area (Å²) in [6.07, 6.45) is 0.0302. The molecule has 2 N–H and O–H groups in total. The van der Waals surface area contributed by atoms with Crippen LogP contribution in [0.15, 0.2) is 78.9 Å². The molecule has 3 aromatic carbocycles. The minimum Gasteiger partial charge on any atom is -0.462 e. The number of carbonyl (C=O) groups is 3. The Morgan fingerprint density at radius 2 is 1.40 bits per heavy atom. The number of carbonyl (C=O) groups excluding carboxylic acids is 3. The molecule has 6 heteroatoms. The summed E-state index contributed by atoms with van der Waals surface area (Å²) in [7, 11) is 0. The van der Waals surface area contributed by atoms with E-state index >= 15 is 0 Å². The van der Waals surface area contributed by atoms with Crippen molar-refractivity contribution in [2.75, 3.05) is 17.2 Å². The number of hydrogen-bond acceptors (Lipinski definition) is 4. The molecule has 0 aliphatic heterocycles. The summed E-state index contributed by atoms with van der Waals surface area (Å²) in [5, 5.41) is 5.61. The van der Waals surface area contributed by atoms with Crippen LogP contribution in [0.3, 0.4) is 0 Å². The zero-order valence-corrected chi connectivity index (χ0v) is 16.6. The van der Waals surface area contributed by atoms with Crippen LogP contribution in [0.2, 0.25) is 0 Å². The Morgan fingerprint density at radius 3 is 2.13 bits per heavy atom. The second kappa shape index (κ2) is 10.0. The largest absolute Gasteiger partial charge is 0.462 e. The molecule has 6 nitrogen and oxygen atoms in total. The molecule has 0 fully saturated rings. The summed E-state index contributed by atoms with van der Waals surface area (Å²) >= 11 is 0. The maximum absolute atomic E-state index is 12.6. The van der Waals surface area contributed by atoms with Crippen LogP contribution in [-0.4, -0.2) is 24.4 Å². The smallest absolute Gasteiger partial charge is 0.340 e. The highest BCUT2D eigenvalue weighted by Gasteiger charge is 2.16. The third-order valence-corrected chi connectivity index (χ3v) is 4.35. The lowest BCUT2D eigenvalue weighted by Crippen LogP contribution is -2.19. The number of rotatable bonds is 7. The van der Waals surface area contributed by atoms with Gasteiger partial charge >= 0.3 is 5.97 Å². The van der Waals surface area contributed by atoms with Crippen molar-refractivity contribution in [2.45, 2.75) is 13.3 Å². The second-order valence-electron chi connectivity index (χ2n) is 6.47. The number of hydrogen-bond donors (Lipinski definition) is 2. The molecule has 0 spiro atoms. The van der Waals surface area contributed by atoms with Crippen LogP contribution >= 0.6 is 0 Å². The molecule has 0 heterocycles. The van der Waals surface area contributed by atoms with Gasteiger partial charge in [-0.3, -0.25) is 9.59 Å². The van der Waals surface area contributed by atoms with Gasteiger partial charge in [-0.15, -0.1) is 0 Å². The molecule has 30 heavy (non-hydrogen) atoms. The fourth-order valence-corrected chi connectivity index (χ4v) is 2.93. The second-order valence-corrected chi connectivity index (χ2v) is 6.47. The standard InChI is InChI=1S/C24H22N2O4/c1-2-30-24(29)19-13-7-9-15-21(19)25-22(27)16-18-12-6-8-14-20(18)26-23(28)17-10-4-3-5-11-17/h3-15H,2,16H2,1H3,(H,25,27)(H,26,28). The van der Waals surface area contributed by atoms with Gasteiger partial charge in [-0.25, -0.2) is 4.79 Å². The van der Waals surface area contributed by atoms with E-state index in [1.54, 1.807) is 79.7 Å². The van der Waals surface area contributed by atoms with Crippen molar-refractivity contribution in [1.29, 1.82) is 0 Å². The number of nitrogens with one attached hydrogen (secondary N) is 2. The first-order valence-corrected chi connectivity index (χ1v) is 9.58. The molecular weight excluding hydrogens is 380 g/mol. The molecule has 0 saturated heterocycles. The van der Waals surface area contributed by atoms with Crippen molar-refractivity contribution in [3.8, 4) is 0 Å². The molecule has 3 rings (SSSR count). The van der Waals surface area contributed by atoms with Crippen LogP contribution in [0.25, 0.3) is 0 Å². The Morgan fingerprint density at radius 1 is 0.767 bits per heavy atom. The van der Waals surface area contributed by atoms with E-state index in [4.69, 9.17) is 4.74 Å². The van der Waals surface area contributed by atoms with E-state index in [0.717, 1.165) is 0 Å². The van der Waals surface area contributed by atoms with Crippen molar-refractivity contribution in [1.82, 2.24) is 0 Å². The quantitative estimate of drug-likeness (QED) is 0.577. The SMILES string of the molecule is CCOC(=O)c1ccccc1NC(=O)Cc1ccccc1NC(=O)c1ccccc1. The zero-order valence-electron chi connectivity index (χ0n) is 16.6. The lowest BCUT2D eigenvalue weighted by atomic mass is 10.1. The van der Waals surface area contributed by atoms with E-state index in [1.165, 1.54) is 0 Å². The molecule has 152 valence electrons. The van der Waals surface area contributed by atoms with Crippen LogP contribution < -0.4 is 10.6 Å². The molecule has 0 bridgehead atoms. The minimum absolute atomic E-state index is 0.0302. The van der Waals surface area contributed by atoms with E-state index in [0.29, 0.717) is 28.1 Å². The number of benzene rings is 3. The summed E-state index contributed by atoms with van der Waals surface area (Å²) in [4.78, 5) is 37.2. The van der Waals surface area contributed by atoms with Crippen molar-refractivity contribution < 1.29 is 19.1 Å². The zero-order chi connectivity index (χ0) is 21.3. The summed E-state index contributed by atoms with van der Waals surface area (Å²) in [6.45, 7) is 1.97. The van der Waals surface area contributed by atoms with E-state index < -0.39 is 5.97 Å². The van der Waals surface area contributed by atoms with Gasteiger partial charge in [-0.05, 0) is 42.8 Å². The molecule has 3 aromatic rings. The number of para-hydroxylation sites is 2. The number of anilines is 2. The topological polar surface area (TPSA) is 84.5 Å². The van der Waals surface area contributed by atoms with E-state index in [1.807, 2.05) is 6.07 Å². The van der Waals surface area contributed by atoms with Gasteiger partial charge < -0.3 is 15.4 Å². The van der Waals surface area contributed by atoms with Gasteiger partial charge in [0.25, 0.3) is 5.91 Å². The minimum atomic E-state index is -0.496. The monoisotopic (exact) mass is 402 g/mol. The summed E-state index contributed by atoms with van der Waals surface area (Å²) in [6, 6.07) is 22.6. The lowest BCUT2D eigenvalue weighted by molar-refractivity contribution is -0.115. The first kappa shape index (κ1) is 20.8. The average molecular weight is 402 g/mol. The van der Waals surface area contributed by atoms with Gasteiger partial charge in [0.15, 0.2) is 0 Å². The van der Waals surface area contributed by atoms with Gasteiger partial charge in [-0.1, -0.05) is 48.5 Å². The highest BCUT2D eigenvalue weighted by molar-refractivity contribution is 6.05. The third-order valence-electron chi connectivity index (χ3n) is 4.35. The Hall–Kier alpha value is -3.93. The molecular formula is C24H22N2O4. The molecule has 0 aliphatic carbocycles. The number of amides is 2. The maximum atomic E-state index is 12.6. The number of ether oxygens (including phenoxy) is 1. The van der Waals surface area contributed by atoms with Crippen molar-refractivity contribution in [3.63, 3.8) is 0 Å². The fourth-order valence-electron chi connectivity index (χ4n) is 2.93. The van der Waals surface area contributed by atoms with Crippen molar-refractivity contribution in [2.24, 2.45) is 0 Å². The third kappa shape index (κ3) is 5.32. The average Bonchev–Trinajstić information content (AvgIpc) is 2.76. The van der Waals surface area contributed by atoms with Gasteiger partial charge in [0, 0.05) is 11.3 Å². The molecule has 0 aliphatic rings. The van der Waals surface area contributed by atoms with Crippen LogP contribution in [0.1, 0.15) is 33.2 Å². The normalized spacial score (nSPS) is 10.2. The maximum Gasteiger partial charge on any atom is 0.340 e. The van der Waals surface area contributed by atoms with Crippen molar-refractivity contribution in [3.05, 3.63) is 95.6 Å².